The molecule has 15 heavy (non-hydrogen) atoms. The van der Waals surface area contributed by atoms with Crippen LogP contribution < -0.4 is 5.32 Å². The molecule has 1 unspecified atom stereocenters. The Bertz CT molecular complexity index is 322. The van der Waals surface area contributed by atoms with Gasteiger partial charge in [0.2, 0.25) is 0 Å². The maximum atomic E-state index is 9.19. The predicted molar refractivity (Wildman–Crippen MR) is 59.5 cm³/mol. The van der Waals surface area contributed by atoms with Crippen molar-refractivity contribution in [2.24, 2.45) is 0 Å². The topological polar surface area (TPSA) is 52.0 Å². The molecule has 1 saturated heterocycles. The minimum absolute atomic E-state index is 0.170. The highest BCUT2D eigenvalue weighted by Gasteiger charge is 2.22. The van der Waals surface area contributed by atoms with E-state index in [4.69, 9.17) is 0 Å². The molecule has 1 aromatic heterocycles. The van der Waals surface area contributed by atoms with E-state index >= 15 is 0 Å². The molecule has 0 aromatic carbocycles. The Morgan fingerprint density at radius 3 is 3.20 bits per heavy atom. The van der Waals surface area contributed by atoms with E-state index in [1.807, 2.05) is 5.38 Å². The van der Waals surface area contributed by atoms with Crippen LogP contribution >= 0.6 is 11.3 Å². The van der Waals surface area contributed by atoms with Gasteiger partial charge in [-0.25, -0.2) is 4.98 Å². The van der Waals surface area contributed by atoms with E-state index in [2.05, 4.69) is 21.3 Å². The molecule has 1 aliphatic heterocycles. The third-order valence-electron chi connectivity index (χ3n) is 2.59. The summed E-state index contributed by atoms with van der Waals surface area (Å²) >= 11 is 1.55. The van der Waals surface area contributed by atoms with Gasteiger partial charge in [-0.05, 0) is 13.0 Å². The van der Waals surface area contributed by atoms with Crippen LogP contribution in [0, 0.1) is 11.3 Å². The smallest absolute Gasteiger partial charge is 0.141 e. The summed E-state index contributed by atoms with van der Waals surface area (Å²) in [6.07, 6.45) is 1.10. The molecule has 1 aromatic rings. The molecule has 1 aliphatic rings. The Kier molecular flexibility index (Phi) is 3.67. The SMILES string of the molecule is N#CC(c1cscn1)N1CCCNCC1. The Labute approximate surface area is 93.5 Å². The molecule has 2 heterocycles. The monoisotopic (exact) mass is 222 g/mol. The van der Waals surface area contributed by atoms with Gasteiger partial charge in [0.15, 0.2) is 0 Å². The first-order chi connectivity index (χ1) is 7.42. The van der Waals surface area contributed by atoms with Crippen LogP contribution in [0.1, 0.15) is 18.2 Å². The van der Waals surface area contributed by atoms with Gasteiger partial charge in [0.25, 0.3) is 0 Å². The molecule has 0 saturated carbocycles. The van der Waals surface area contributed by atoms with Gasteiger partial charge in [-0.15, -0.1) is 11.3 Å². The molecule has 0 spiro atoms. The van der Waals surface area contributed by atoms with Crippen molar-refractivity contribution >= 4 is 11.3 Å². The number of rotatable bonds is 2. The van der Waals surface area contributed by atoms with Gasteiger partial charge in [-0.2, -0.15) is 5.26 Å². The molecule has 0 radical (unpaired) electrons. The van der Waals surface area contributed by atoms with Crippen LogP contribution in [0.15, 0.2) is 10.9 Å². The van der Waals surface area contributed by atoms with E-state index in [-0.39, 0.29) is 6.04 Å². The molecule has 1 fully saturated rings. The fourth-order valence-corrected chi connectivity index (χ4v) is 2.39. The van der Waals surface area contributed by atoms with Crippen molar-refractivity contribution in [3.05, 3.63) is 16.6 Å². The zero-order chi connectivity index (χ0) is 10.5. The van der Waals surface area contributed by atoms with Gasteiger partial charge in [-0.1, -0.05) is 0 Å². The fraction of sp³-hybridized carbons (Fsp3) is 0.600. The van der Waals surface area contributed by atoms with E-state index in [0.717, 1.165) is 38.3 Å². The van der Waals surface area contributed by atoms with E-state index in [9.17, 15) is 5.26 Å². The Morgan fingerprint density at radius 2 is 2.47 bits per heavy atom. The number of nitrogens with zero attached hydrogens (tertiary/aromatic N) is 3. The highest BCUT2D eigenvalue weighted by Crippen LogP contribution is 2.20. The predicted octanol–water partition coefficient (Wildman–Crippen LogP) is 1.00. The summed E-state index contributed by atoms with van der Waals surface area (Å²) in [7, 11) is 0. The summed E-state index contributed by atoms with van der Waals surface area (Å²) < 4.78 is 0. The van der Waals surface area contributed by atoms with Gasteiger partial charge < -0.3 is 5.32 Å². The summed E-state index contributed by atoms with van der Waals surface area (Å²) in [6.45, 7) is 3.91. The van der Waals surface area contributed by atoms with Crippen molar-refractivity contribution in [3.63, 3.8) is 0 Å². The minimum atomic E-state index is -0.170. The molecule has 80 valence electrons. The molecule has 5 heteroatoms. The Morgan fingerprint density at radius 1 is 1.53 bits per heavy atom. The van der Waals surface area contributed by atoms with Crippen molar-refractivity contribution in [1.82, 2.24) is 15.2 Å². The third kappa shape index (κ3) is 2.53. The average Bonchev–Trinajstić information content (AvgIpc) is 2.63. The largest absolute Gasteiger partial charge is 0.315 e. The lowest BCUT2D eigenvalue weighted by atomic mass is 10.2. The summed E-state index contributed by atoms with van der Waals surface area (Å²) in [5.41, 5.74) is 2.68. The molecule has 0 aliphatic carbocycles. The van der Waals surface area contributed by atoms with Crippen LogP contribution in [0.25, 0.3) is 0 Å². The van der Waals surface area contributed by atoms with Crippen molar-refractivity contribution in [3.8, 4) is 6.07 Å². The van der Waals surface area contributed by atoms with Gasteiger partial charge >= 0.3 is 0 Å². The van der Waals surface area contributed by atoms with E-state index < -0.39 is 0 Å². The van der Waals surface area contributed by atoms with Crippen molar-refractivity contribution < 1.29 is 0 Å². The summed E-state index contributed by atoms with van der Waals surface area (Å²) in [5, 5.41) is 14.5. The van der Waals surface area contributed by atoms with E-state index in [1.54, 1.807) is 16.8 Å². The maximum Gasteiger partial charge on any atom is 0.141 e. The second-order valence-corrected chi connectivity index (χ2v) is 4.30. The second-order valence-electron chi connectivity index (χ2n) is 3.58. The van der Waals surface area contributed by atoms with Crippen LogP contribution in [0.3, 0.4) is 0 Å². The third-order valence-corrected chi connectivity index (χ3v) is 3.20. The average molecular weight is 222 g/mol. The number of hydrogen-bond donors (Lipinski definition) is 1. The van der Waals surface area contributed by atoms with Gasteiger partial charge in [0.05, 0.1) is 17.3 Å². The first-order valence-corrected chi connectivity index (χ1v) is 6.08. The lowest BCUT2D eigenvalue weighted by Crippen LogP contribution is -2.31. The van der Waals surface area contributed by atoms with Crippen LogP contribution in [-0.2, 0) is 0 Å². The Balaban J connectivity index is 2.09. The number of nitrogens with one attached hydrogen (secondary N) is 1. The number of thiazole rings is 1. The number of nitriles is 1. The fourth-order valence-electron chi connectivity index (χ4n) is 1.82. The van der Waals surface area contributed by atoms with Gasteiger partial charge in [0.1, 0.15) is 6.04 Å². The highest BCUT2D eigenvalue weighted by atomic mass is 32.1. The van der Waals surface area contributed by atoms with Crippen LogP contribution in [0.2, 0.25) is 0 Å². The summed E-state index contributed by atoms with van der Waals surface area (Å²) in [6, 6.07) is 2.17. The molecule has 1 atom stereocenters. The Hall–Kier alpha value is -0.960. The molecular formula is C10H14N4S. The molecule has 0 bridgehead atoms. The maximum absolute atomic E-state index is 9.19. The summed E-state index contributed by atoms with van der Waals surface area (Å²) in [5.74, 6) is 0. The molecular weight excluding hydrogens is 208 g/mol. The van der Waals surface area contributed by atoms with Gasteiger partial charge in [-0.3, -0.25) is 4.90 Å². The van der Waals surface area contributed by atoms with Crippen LogP contribution in [0.5, 0.6) is 0 Å². The van der Waals surface area contributed by atoms with Crippen molar-refractivity contribution in [2.75, 3.05) is 26.2 Å². The lowest BCUT2D eigenvalue weighted by molar-refractivity contribution is 0.249. The molecule has 0 amide bonds. The quantitative estimate of drug-likeness (QED) is 0.811. The zero-order valence-electron chi connectivity index (χ0n) is 8.52. The zero-order valence-corrected chi connectivity index (χ0v) is 9.33. The summed E-state index contributed by atoms with van der Waals surface area (Å²) in [4.78, 5) is 6.43. The second kappa shape index (κ2) is 5.21. The van der Waals surface area contributed by atoms with Gasteiger partial charge in [0, 0.05) is 25.0 Å². The first kappa shape index (κ1) is 10.6. The first-order valence-electron chi connectivity index (χ1n) is 5.14. The molecule has 4 nitrogen and oxygen atoms in total. The van der Waals surface area contributed by atoms with Crippen molar-refractivity contribution in [2.45, 2.75) is 12.5 Å². The number of aromatic nitrogens is 1. The highest BCUT2D eigenvalue weighted by molar-refractivity contribution is 7.07. The van der Waals surface area contributed by atoms with E-state index in [1.165, 1.54) is 0 Å². The number of hydrogen-bond acceptors (Lipinski definition) is 5. The molecule has 2 rings (SSSR count). The van der Waals surface area contributed by atoms with Crippen molar-refractivity contribution in [1.29, 1.82) is 5.26 Å². The standard InChI is InChI=1S/C10H14N4S/c11-6-10(9-7-15-8-13-9)14-4-1-2-12-3-5-14/h7-8,10,12H,1-5H2. The lowest BCUT2D eigenvalue weighted by Gasteiger charge is -2.23. The molecule has 1 N–H and O–H groups in total. The van der Waals surface area contributed by atoms with Crippen LogP contribution in [0.4, 0.5) is 0 Å². The van der Waals surface area contributed by atoms with Crippen LogP contribution in [-0.4, -0.2) is 36.1 Å². The minimum Gasteiger partial charge on any atom is -0.315 e. The van der Waals surface area contributed by atoms with E-state index in [0.29, 0.717) is 0 Å². The normalized spacial score (nSPS) is 20.5.